The summed E-state index contributed by atoms with van der Waals surface area (Å²) in [6.07, 6.45) is 1.66. The molecule has 3 rings (SSSR count). The molecule has 25 heavy (non-hydrogen) atoms. The lowest BCUT2D eigenvalue weighted by Crippen LogP contribution is -2.30. The van der Waals surface area contributed by atoms with E-state index in [1.807, 2.05) is 19.9 Å². The summed E-state index contributed by atoms with van der Waals surface area (Å²) in [6, 6.07) is 10.5. The lowest BCUT2D eigenvalue weighted by Gasteiger charge is -2.13. The quantitative estimate of drug-likeness (QED) is 0.616. The van der Waals surface area contributed by atoms with Crippen molar-refractivity contribution in [2.45, 2.75) is 19.9 Å². The molecule has 0 saturated heterocycles. The molecule has 0 atom stereocenters. The van der Waals surface area contributed by atoms with Crippen LogP contribution in [0.25, 0.3) is 10.9 Å². The Balaban J connectivity index is 1.94. The first-order chi connectivity index (χ1) is 11.9. The van der Waals surface area contributed by atoms with Crippen LogP contribution in [0.1, 0.15) is 24.2 Å². The van der Waals surface area contributed by atoms with Crippen molar-refractivity contribution in [1.82, 2.24) is 15.3 Å². The summed E-state index contributed by atoms with van der Waals surface area (Å²) in [5.74, 6) is 0.286. The van der Waals surface area contributed by atoms with Crippen molar-refractivity contribution < 1.29 is 9.90 Å². The standard InChI is InChI=1S/C18H17BrN4O2/c1-10(2)21-17(25)12-5-3-4-6-14(12)22-18-20-9-11-7-13(19)16(24)8-15(11)23-18/h3-10,24H,1-2H3,(H,21,25)(H,20,22,23). The van der Waals surface area contributed by atoms with Gasteiger partial charge >= 0.3 is 0 Å². The number of carbonyl (C=O) groups is 1. The van der Waals surface area contributed by atoms with Gasteiger partial charge in [0.25, 0.3) is 5.91 Å². The highest BCUT2D eigenvalue weighted by Crippen LogP contribution is 2.29. The molecule has 1 heterocycles. The minimum absolute atomic E-state index is 0.0406. The van der Waals surface area contributed by atoms with E-state index in [0.29, 0.717) is 27.2 Å². The normalized spacial score (nSPS) is 10.9. The van der Waals surface area contributed by atoms with Gasteiger partial charge in [0, 0.05) is 23.7 Å². The number of anilines is 2. The molecule has 0 bridgehead atoms. The average Bonchev–Trinajstić information content (AvgIpc) is 2.56. The Bertz CT molecular complexity index is 944. The molecule has 3 aromatic rings. The molecule has 0 aliphatic carbocycles. The molecule has 1 amide bonds. The summed E-state index contributed by atoms with van der Waals surface area (Å²) >= 11 is 3.27. The summed E-state index contributed by atoms with van der Waals surface area (Å²) in [6.45, 7) is 3.82. The maximum atomic E-state index is 12.3. The van der Waals surface area contributed by atoms with Crippen LogP contribution in [-0.4, -0.2) is 27.0 Å². The van der Waals surface area contributed by atoms with Crippen molar-refractivity contribution >= 4 is 44.4 Å². The molecule has 2 aromatic carbocycles. The van der Waals surface area contributed by atoms with Gasteiger partial charge in [-0.15, -0.1) is 0 Å². The number of rotatable bonds is 4. The monoisotopic (exact) mass is 400 g/mol. The number of fused-ring (bicyclic) bond motifs is 1. The zero-order chi connectivity index (χ0) is 18.0. The summed E-state index contributed by atoms with van der Waals surface area (Å²) in [5, 5.41) is 16.6. The number of amides is 1. The van der Waals surface area contributed by atoms with Crippen molar-refractivity contribution in [2.24, 2.45) is 0 Å². The SMILES string of the molecule is CC(C)NC(=O)c1ccccc1Nc1ncc2cc(Br)c(O)cc2n1. The number of carbonyl (C=O) groups excluding carboxylic acids is 1. The fourth-order valence-corrected chi connectivity index (χ4v) is 2.71. The van der Waals surface area contributed by atoms with E-state index in [9.17, 15) is 9.90 Å². The molecule has 0 radical (unpaired) electrons. The number of halogens is 1. The number of nitrogens with zero attached hydrogens (tertiary/aromatic N) is 2. The minimum Gasteiger partial charge on any atom is -0.507 e. The highest BCUT2D eigenvalue weighted by Gasteiger charge is 2.13. The molecule has 0 saturated carbocycles. The molecule has 3 N–H and O–H groups in total. The van der Waals surface area contributed by atoms with E-state index >= 15 is 0 Å². The Labute approximate surface area is 153 Å². The fraction of sp³-hybridized carbons (Fsp3) is 0.167. The fourth-order valence-electron chi connectivity index (χ4n) is 2.35. The van der Waals surface area contributed by atoms with Crippen molar-refractivity contribution in [3.05, 3.63) is 52.6 Å². The Kier molecular flexibility index (Phi) is 4.85. The molecule has 6 nitrogen and oxygen atoms in total. The predicted octanol–water partition coefficient (Wildman–Crippen LogP) is 3.98. The van der Waals surface area contributed by atoms with E-state index in [4.69, 9.17) is 0 Å². The highest BCUT2D eigenvalue weighted by molar-refractivity contribution is 9.10. The number of nitrogens with one attached hydrogen (secondary N) is 2. The van der Waals surface area contributed by atoms with Crippen molar-refractivity contribution in [1.29, 1.82) is 0 Å². The molecule has 0 fully saturated rings. The lowest BCUT2D eigenvalue weighted by molar-refractivity contribution is 0.0944. The van der Waals surface area contributed by atoms with Crippen molar-refractivity contribution in [2.75, 3.05) is 5.32 Å². The van der Waals surface area contributed by atoms with Crippen LogP contribution in [0.3, 0.4) is 0 Å². The Hall–Kier alpha value is -2.67. The second-order valence-corrected chi connectivity index (χ2v) is 6.71. The Morgan fingerprint density at radius 1 is 1.24 bits per heavy atom. The third-order valence-electron chi connectivity index (χ3n) is 3.49. The summed E-state index contributed by atoms with van der Waals surface area (Å²) in [4.78, 5) is 21.0. The maximum absolute atomic E-state index is 12.3. The first-order valence-electron chi connectivity index (χ1n) is 7.76. The third kappa shape index (κ3) is 3.88. The van der Waals surface area contributed by atoms with Gasteiger partial charge < -0.3 is 15.7 Å². The second-order valence-electron chi connectivity index (χ2n) is 5.85. The van der Waals surface area contributed by atoms with Gasteiger partial charge in [-0.3, -0.25) is 4.79 Å². The van der Waals surface area contributed by atoms with Crippen LogP contribution in [0.5, 0.6) is 5.75 Å². The molecular formula is C18H17BrN4O2. The van der Waals surface area contributed by atoms with Gasteiger partial charge in [0.05, 0.1) is 21.2 Å². The molecule has 1 aromatic heterocycles. The number of phenolic OH excluding ortho intramolecular Hbond substituents is 1. The molecule has 0 unspecified atom stereocenters. The molecular weight excluding hydrogens is 384 g/mol. The van der Waals surface area contributed by atoms with E-state index in [-0.39, 0.29) is 17.7 Å². The van der Waals surface area contributed by atoms with Gasteiger partial charge in [-0.1, -0.05) is 12.1 Å². The number of hydrogen-bond acceptors (Lipinski definition) is 5. The Morgan fingerprint density at radius 3 is 2.76 bits per heavy atom. The van der Waals surface area contributed by atoms with Gasteiger partial charge in [-0.25, -0.2) is 9.97 Å². The number of para-hydroxylation sites is 1. The number of phenols is 1. The zero-order valence-electron chi connectivity index (χ0n) is 13.7. The predicted molar refractivity (Wildman–Crippen MR) is 101 cm³/mol. The highest BCUT2D eigenvalue weighted by atomic mass is 79.9. The van der Waals surface area contributed by atoms with Crippen LogP contribution in [0.2, 0.25) is 0 Å². The maximum Gasteiger partial charge on any atom is 0.253 e. The van der Waals surface area contributed by atoms with E-state index < -0.39 is 0 Å². The van der Waals surface area contributed by atoms with E-state index in [0.717, 1.165) is 5.39 Å². The second kappa shape index (κ2) is 7.06. The number of aromatic hydroxyl groups is 1. The molecule has 0 aliphatic rings. The van der Waals surface area contributed by atoms with Gasteiger partial charge in [0.2, 0.25) is 5.95 Å². The summed E-state index contributed by atoms with van der Waals surface area (Å²) < 4.78 is 0.583. The molecule has 0 aliphatic heterocycles. The van der Waals surface area contributed by atoms with Crippen LogP contribution >= 0.6 is 15.9 Å². The smallest absolute Gasteiger partial charge is 0.253 e. The minimum atomic E-state index is -0.166. The van der Waals surface area contributed by atoms with Crippen LogP contribution in [0.4, 0.5) is 11.6 Å². The molecule has 128 valence electrons. The summed E-state index contributed by atoms with van der Waals surface area (Å²) in [5.41, 5.74) is 1.72. The molecule has 7 heteroatoms. The van der Waals surface area contributed by atoms with Gasteiger partial charge in [0.1, 0.15) is 5.75 Å². The zero-order valence-corrected chi connectivity index (χ0v) is 15.3. The van der Waals surface area contributed by atoms with Crippen LogP contribution in [0.15, 0.2) is 47.1 Å². The van der Waals surface area contributed by atoms with E-state index in [2.05, 4.69) is 36.5 Å². The number of hydrogen-bond donors (Lipinski definition) is 3. The van der Waals surface area contributed by atoms with Gasteiger partial charge in [0.15, 0.2) is 0 Å². The largest absolute Gasteiger partial charge is 0.507 e. The van der Waals surface area contributed by atoms with Crippen LogP contribution in [-0.2, 0) is 0 Å². The van der Waals surface area contributed by atoms with Crippen LogP contribution < -0.4 is 10.6 Å². The van der Waals surface area contributed by atoms with Crippen LogP contribution in [0, 0.1) is 0 Å². The Morgan fingerprint density at radius 2 is 2.00 bits per heavy atom. The van der Waals surface area contributed by atoms with Crippen molar-refractivity contribution in [3.63, 3.8) is 0 Å². The first kappa shape index (κ1) is 17.2. The number of aromatic nitrogens is 2. The van der Waals surface area contributed by atoms with Crippen molar-refractivity contribution in [3.8, 4) is 5.75 Å². The van der Waals surface area contributed by atoms with E-state index in [1.165, 1.54) is 0 Å². The van der Waals surface area contributed by atoms with Gasteiger partial charge in [-0.2, -0.15) is 0 Å². The molecule has 0 spiro atoms. The first-order valence-corrected chi connectivity index (χ1v) is 8.55. The lowest BCUT2D eigenvalue weighted by atomic mass is 10.1. The number of benzene rings is 2. The third-order valence-corrected chi connectivity index (χ3v) is 4.12. The summed E-state index contributed by atoms with van der Waals surface area (Å²) in [7, 11) is 0. The van der Waals surface area contributed by atoms with E-state index in [1.54, 1.807) is 36.5 Å². The average molecular weight is 401 g/mol. The topological polar surface area (TPSA) is 87.1 Å². The van der Waals surface area contributed by atoms with Gasteiger partial charge in [-0.05, 0) is 48.0 Å².